The van der Waals surface area contributed by atoms with Crippen molar-refractivity contribution in [2.24, 2.45) is 0 Å². The molecule has 2 aromatic carbocycles. The molecule has 0 aliphatic carbocycles. The molecule has 0 bridgehead atoms. The van der Waals surface area contributed by atoms with Gasteiger partial charge in [-0.1, -0.05) is 48.0 Å². The molecule has 0 saturated carbocycles. The Morgan fingerprint density at radius 3 is 2.64 bits per heavy atom. The van der Waals surface area contributed by atoms with Crippen molar-refractivity contribution in [1.82, 2.24) is 0 Å². The standard InChI is InChI=1S/C13H12Br/c1-9(2)10-3-4-12-8-13(14)6-5-11(12)7-10/h3-6,8-9H,1-2H3. The van der Waals surface area contributed by atoms with Crippen LogP contribution in [0.4, 0.5) is 0 Å². The van der Waals surface area contributed by atoms with Gasteiger partial charge < -0.3 is 0 Å². The summed E-state index contributed by atoms with van der Waals surface area (Å²) in [5.74, 6) is 0.544. The van der Waals surface area contributed by atoms with Gasteiger partial charge in [0.1, 0.15) is 0 Å². The van der Waals surface area contributed by atoms with Crippen molar-refractivity contribution >= 4 is 26.7 Å². The van der Waals surface area contributed by atoms with E-state index in [1.54, 1.807) is 0 Å². The highest BCUT2D eigenvalue weighted by atomic mass is 79.9. The van der Waals surface area contributed by atoms with Crippen LogP contribution in [0.2, 0.25) is 0 Å². The minimum Gasteiger partial charge on any atom is -0.0587 e. The van der Waals surface area contributed by atoms with Crippen molar-refractivity contribution in [1.29, 1.82) is 0 Å². The minimum atomic E-state index is 0.544. The number of benzene rings is 2. The first-order chi connectivity index (χ1) is 6.66. The molecule has 1 radical (unpaired) electrons. The molecule has 0 nitrogen and oxygen atoms in total. The third kappa shape index (κ3) is 1.83. The summed E-state index contributed by atoms with van der Waals surface area (Å²) in [5.41, 5.74) is 1.28. The molecule has 0 aliphatic heterocycles. The molecule has 14 heavy (non-hydrogen) atoms. The summed E-state index contributed by atoms with van der Waals surface area (Å²) in [6.07, 6.45) is 0. The SMILES string of the molecule is CC(C)c1[c]c2ccc(Br)cc2cc1. The van der Waals surface area contributed by atoms with Gasteiger partial charge in [0.25, 0.3) is 0 Å². The zero-order valence-electron chi connectivity index (χ0n) is 8.34. The van der Waals surface area contributed by atoms with Crippen molar-refractivity contribution < 1.29 is 0 Å². The topological polar surface area (TPSA) is 0 Å². The van der Waals surface area contributed by atoms with Gasteiger partial charge in [-0.2, -0.15) is 0 Å². The average Bonchev–Trinajstić information content (AvgIpc) is 2.16. The zero-order chi connectivity index (χ0) is 10.1. The van der Waals surface area contributed by atoms with Crippen LogP contribution >= 0.6 is 15.9 Å². The number of hydrogen-bond donors (Lipinski definition) is 0. The fraction of sp³-hybridized carbons (Fsp3) is 0.231. The predicted octanol–water partition coefficient (Wildman–Crippen LogP) is 4.53. The lowest BCUT2D eigenvalue weighted by atomic mass is 9.99. The van der Waals surface area contributed by atoms with Gasteiger partial charge in [-0.05, 0) is 40.5 Å². The fourth-order valence-electron chi connectivity index (χ4n) is 1.50. The summed E-state index contributed by atoms with van der Waals surface area (Å²) < 4.78 is 1.12. The highest BCUT2D eigenvalue weighted by Crippen LogP contribution is 2.23. The molecule has 0 heterocycles. The van der Waals surface area contributed by atoms with E-state index in [1.165, 1.54) is 16.3 Å². The van der Waals surface area contributed by atoms with Crippen LogP contribution in [0.25, 0.3) is 10.8 Å². The maximum absolute atomic E-state index is 3.47. The van der Waals surface area contributed by atoms with E-state index in [0.29, 0.717) is 5.92 Å². The molecule has 0 amide bonds. The van der Waals surface area contributed by atoms with Crippen LogP contribution in [0.5, 0.6) is 0 Å². The molecule has 2 rings (SSSR count). The molecular formula is C13H12Br. The molecular weight excluding hydrogens is 236 g/mol. The van der Waals surface area contributed by atoms with E-state index in [0.717, 1.165) is 4.47 Å². The Hall–Kier alpha value is -0.820. The summed E-state index contributed by atoms with van der Waals surface area (Å²) >= 11 is 3.47. The Bertz CT molecular complexity index is 458. The maximum atomic E-state index is 3.47. The Morgan fingerprint density at radius 2 is 1.93 bits per heavy atom. The molecule has 0 fully saturated rings. The Morgan fingerprint density at radius 1 is 1.14 bits per heavy atom. The lowest BCUT2D eigenvalue weighted by Gasteiger charge is -2.06. The number of halogens is 1. The zero-order valence-corrected chi connectivity index (χ0v) is 9.93. The first-order valence-electron chi connectivity index (χ1n) is 4.78. The summed E-state index contributed by atoms with van der Waals surface area (Å²) in [6.45, 7) is 4.38. The maximum Gasteiger partial charge on any atom is 0.0181 e. The van der Waals surface area contributed by atoms with Crippen LogP contribution in [-0.4, -0.2) is 0 Å². The summed E-state index contributed by atoms with van der Waals surface area (Å²) in [6, 6.07) is 14.0. The predicted molar refractivity (Wildman–Crippen MR) is 64.6 cm³/mol. The van der Waals surface area contributed by atoms with E-state index in [4.69, 9.17) is 0 Å². The van der Waals surface area contributed by atoms with Gasteiger partial charge in [-0.3, -0.25) is 0 Å². The van der Waals surface area contributed by atoms with Gasteiger partial charge in [0.15, 0.2) is 0 Å². The normalized spacial score (nSPS) is 11.1. The highest BCUT2D eigenvalue weighted by Gasteiger charge is 2.01. The number of rotatable bonds is 1. The molecule has 71 valence electrons. The van der Waals surface area contributed by atoms with Gasteiger partial charge in [0, 0.05) is 4.47 Å². The number of fused-ring (bicyclic) bond motifs is 1. The Kier molecular flexibility index (Phi) is 2.60. The largest absolute Gasteiger partial charge is 0.0587 e. The van der Waals surface area contributed by atoms with E-state index in [1.807, 2.05) is 0 Å². The third-order valence-electron chi connectivity index (χ3n) is 2.36. The first-order valence-corrected chi connectivity index (χ1v) is 5.57. The lowest BCUT2D eigenvalue weighted by molar-refractivity contribution is 0.867. The van der Waals surface area contributed by atoms with Gasteiger partial charge in [0.2, 0.25) is 0 Å². The summed E-state index contributed by atoms with van der Waals surface area (Å²) in [7, 11) is 0. The minimum absolute atomic E-state index is 0.544. The van der Waals surface area contributed by atoms with E-state index in [-0.39, 0.29) is 0 Å². The molecule has 2 aromatic rings. The van der Waals surface area contributed by atoms with E-state index in [2.05, 4.69) is 66.2 Å². The molecule has 0 N–H and O–H groups in total. The van der Waals surface area contributed by atoms with Crippen molar-refractivity contribution in [3.63, 3.8) is 0 Å². The van der Waals surface area contributed by atoms with Crippen molar-refractivity contribution in [3.05, 3.63) is 46.4 Å². The number of hydrogen-bond acceptors (Lipinski definition) is 0. The molecule has 1 heteroatoms. The van der Waals surface area contributed by atoms with Crippen LogP contribution in [0.3, 0.4) is 0 Å². The van der Waals surface area contributed by atoms with Crippen LogP contribution < -0.4 is 0 Å². The highest BCUT2D eigenvalue weighted by molar-refractivity contribution is 9.10. The molecule has 0 aromatic heterocycles. The summed E-state index contributed by atoms with van der Waals surface area (Å²) in [5, 5.41) is 2.43. The Labute approximate surface area is 93.1 Å². The van der Waals surface area contributed by atoms with Gasteiger partial charge in [-0.15, -0.1) is 0 Å². The van der Waals surface area contributed by atoms with Crippen LogP contribution in [0.1, 0.15) is 25.3 Å². The average molecular weight is 248 g/mol. The molecule has 0 spiro atoms. The van der Waals surface area contributed by atoms with Crippen molar-refractivity contribution in [2.75, 3.05) is 0 Å². The van der Waals surface area contributed by atoms with Crippen LogP contribution in [0, 0.1) is 6.07 Å². The fourth-order valence-corrected chi connectivity index (χ4v) is 1.88. The van der Waals surface area contributed by atoms with E-state index < -0.39 is 0 Å². The molecule has 0 atom stereocenters. The van der Waals surface area contributed by atoms with Gasteiger partial charge >= 0.3 is 0 Å². The van der Waals surface area contributed by atoms with Crippen LogP contribution in [0.15, 0.2) is 34.8 Å². The van der Waals surface area contributed by atoms with Crippen molar-refractivity contribution in [3.8, 4) is 0 Å². The molecule has 0 saturated heterocycles. The van der Waals surface area contributed by atoms with Crippen molar-refractivity contribution in [2.45, 2.75) is 19.8 Å². The third-order valence-corrected chi connectivity index (χ3v) is 2.85. The van der Waals surface area contributed by atoms with E-state index >= 15 is 0 Å². The smallest absolute Gasteiger partial charge is 0.0181 e. The monoisotopic (exact) mass is 247 g/mol. The lowest BCUT2D eigenvalue weighted by Crippen LogP contribution is -1.87. The van der Waals surface area contributed by atoms with Crippen LogP contribution in [-0.2, 0) is 0 Å². The Balaban J connectivity index is 2.62. The van der Waals surface area contributed by atoms with Gasteiger partial charge in [-0.25, -0.2) is 0 Å². The molecule has 0 unspecified atom stereocenters. The second-order valence-electron chi connectivity index (χ2n) is 3.80. The second kappa shape index (κ2) is 3.74. The van der Waals surface area contributed by atoms with E-state index in [9.17, 15) is 0 Å². The first kappa shape index (κ1) is 9.72. The second-order valence-corrected chi connectivity index (χ2v) is 4.72. The van der Waals surface area contributed by atoms with Gasteiger partial charge in [0.05, 0.1) is 0 Å². The quantitative estimate of drug-likeness (QED) is 0.695. The summed E-state index contributed by atoms with van der Waals surface area (Å²) in [4.78, 5) is 0. The molecule has 0 aliphatic rings.